The van der Waals surface area contributed by atoms with Crippen molar-refractivity contribution in [1.82, 2.24) is 0 Å². The van der Waals surface area contributed by atoms with Crippen LogP contribution in [-0.4, -0.2) is 26.6 Å². The van der Waals surface area contributed by atoms with Crippen LogP contribution in [0.2, 0.25) is 0 Å². The topological polar surface area (TPSA) is 68.3 Å². The zero-order valence-corrected chi connectivity index (χ0v) is 15.6. The van der Waals surface area contributed by atoms with E-state index in [4.69, 9.17) is 0 Å². The van der Waals surface area contributed by atoms with E-state index in [1.165, 1.54) is 12.8 Å². The SMILES string of the molecule is CCCCCCCCC(C(CCCCCC)=S(=O)=O)=S(=O)=O. The third-order valence-electron chi connectivity index (χ3n) is 3.73. The van der Waals surface area contributed by atoms with Crippen LogP contribution in [0.3, 0.4) is 0 Å². The van der Waals surface area contributed by atoms with Gasteiger partial charge in [0.25, 0.3) is 0 Å². The fourth-order valence-corrected chi connectivity index (χ4v) is 4.02. The molecule has 0 spiro atoms. The predicted octanol–water partition coefficient (Wildman–Crippen LogP) is 3.81. The van der Waals surface area contributed by atoms with Crippen LogP contribution in [0.4, 0.5) is 0 Å². The Bertz CT molecular complexity index is 541. The lowest BCUT2D eigenvalue weighted by atomic mass is 10.0. The molecule has 0 aromatic rings. The third-order valence-corrected chi connectivity index (χ3v) is 5.56. The smallest absolute Gasteiger partial charge is 0.184 e. The first kappa shape index (κ1) is 21.4. The molecule has 0 saturated heterocycles. The third kappa shape index (κ3) is 10.2. The van der Waals surface area contributed by atoms with Gasteiger partial charge in [-0.05, 0) is 25.7 Å². The maximum absolute atomic E-state index is 11.4. The largest absolute Gasteiger partial charge is 0.218 e. The van der Waals surface area contributed by atoms with E-state index in [1.54, 1.807) is 0 Å². The van der Waals surface area contributed by atoms with E-state index in [0.29, 0.717) is 12.8 Å². The van der Waals surface area contributed by atoms with E-state index in [1.807, 2.05) is 0 Å². The Labute approximate surface area is 138 Å². The zero-order valence-electron chi connectivity index (χ0n) is 13.9. The molecule has 0 aliphatic rings. The fraction of sp³-hybridized carbons (Fsp3) is 0.875. The van der Waals surface area contributed by atoms with Crippen LogP contribution >= 0.6 is 0 Å². The molecular weight excluding hydrogens is 320 g/mol. The molecule has 0 aliphatic carbocycles. The van der Waals surface area contributed by atoms with E-state index >= 15 is 0 Å². The van der Waals surface area contributed by atoms with E-state index in [9.17, 15) is 16.8 Å². The molecule has 22 heavy (non-hydrogen) atoms. The highest BCUT2D eigenvalue weighted by Gasteiger charge is 2.13. The average Bonchev–Trinajstić information content (AvgIpc) is 2.47. The number of unbranched alkanes of at least 4 members (excludes halogenated alkanes) is 8. The molecule has 0 aromatic carbocycles. The van der Waals surface area contributed by atoms with Gasteiger partial charge in [0.1, 0.15) is 0 Å². The Morgan fingerprint density at radius 3 is 1.23 bits per heavy atom. The minimum absolute atomic E-state index is 0.0954. The van der Waals surface area contributed by atoms with Gasteiger partial charge in [-0.2, -0.15) is 16.8 Å². The van der Waals surface area contributed by atoms with Crippen molar-refractivity contribution in [2.45, 2.75) is 90.9 Å². The Morgan fingerprint density at radius 1 is 0.545 bits per heavy atom. The Balaban J connectivity index is 4.58. The molecule has 0 rings (SSSR count). The van der Waals surface area contributed by atoms with E-state index < -0.39 is 20.6 Å². The molecule has 0 aliphatic heterocycles. The van der Waals surface area contributed by atoms with Crippen molar-refractivity contribution < 1.29 is 16.8 Å². The molecule has 0 amide bonds. The van der Waals surface area contributed by atoms with Crippen LogP contribution in [0.1, 0.15) is 90.9 Å². The summed E-state index contributed by atoms with van der Waals surface area (Å²) in [6, 6.07) is 0. The molecule has 0 bridgehead atoms. The fourth-order valence-electron chi connectivity index (χ4n) is 2.41. The molecule has 0 aromatic heterocycles. The lowest BCUT2D eigenvalue weighted by molar-refractivity contribution is 0.614. The van der Waals surface area contributed by atoms with Gasteiger partial charge in [0, 0.05) is 0 Å². The molecular formula is C16H30O4S2. The molecule has 6 heteroatoms. The Kier molecular flexibility index (Phi) is 13.6. The summed E-state index contributed by atoms with van der Waals surface area (Å²) in [6.45, 7) is 4.23. The number of rotatable bonds is 13. The molecule has 0 saturated carbocycles. The summed E-state index contributed by atoms with van der Waals surface area (Å²) in [5.41, 5.74) is 0. The van der Waals surface area contributed by atoms with Gasteiger partial charge in [0.15, 0.2) is 0 Å². The number of hydrogen-bond donors (Lipinski definition) is 0. The van der Waals surface area contributed by atoms with Crippen LogP contribution in [0.25, 0.3) is 0 Å². The predicted molar refractivity (Wildman–Crippen MR) is 94.6 cm³/mol. The van der Waals surface area contributed by atoms with Gasteiger partial charge in [-0.25, -0.2) is 0 Å². The minimum Gasteiger partial charge on any atom is -0.184 e. The summed E-state index contributed by atoms with van der Waals surface area (Å²) in [5.74, 6) is 0. The van der Waals surface area contributed by atoms with Crippen LogP contribution < -0.4 is 0 Å². The Hall–Kier alpha value is -0.620. The molecule has 0 heterocycles. The maximum Gasteiger partial charge on any atom is 0.218 e. The second-order valence-corrected chi connectivity index (χ2v) is 7.57. The van der Waals surface area contributed by atoms with Gasteiger partial charge in [0.05, 0.1) is 9.73 Å². The van der Waals surface area contributed by atoms with Crippen molar-refractivity contribution in [1.29, 1.82) is 0 Å². The molecule has 4 nitrogen and oxygen atoms in total. The summed E-state index contributed by atoms with van der Waals surface area (Å²) in [4.78, 5) is 0.193. The number of hydrogen-bond acceptors (Lipinski definition) is 4. The molecule has 0 unspecified atom stereocenters. The summed E-state index contributed by atoms with van der Waals surface area (Å²) in [6.07, 6.45) is 10.8. The van der Waals surface area contributed by atoms with Gasteiger partial charge >= 0.3 is 0 Å². The van der Waals surface area contributed by atoms with Gasteiger partial charge in [0.2, 0.25) is 20.6 Å². The molecule has 0 radical (unpaired) electrons. The maximum atomic E-state index is 11.4. The molecule has 130 valence electrons. The monoisotopic (exact) mass is 350 g/mol. The van der Waals surface area contributed by atoms with Crippen LogP contribution in [0.5, 0.6) is 0 Å². The van der Waals surface area contributed by atoms with E-state index in [0.717, 1.165) is 51.4 Å². The molecule has 0 fully saturated rings. The van der Waals surface area contributed by atoms with Crippen molar-refractivity contribution in [3.8, 4) is 0 Å². The first-order valence-corrected chi connectivity index (χ1v) is 10.6. The second kappa shape index (κ2) is 14.0. The average molecular weight is 351 g/mol. The van der Waals surface area contributed by atoms with Gasteiger partial charge in [-0.15, -0.1) is 0 Å². The van der Waals surface area contributed by atoms with Crippen LogP contribution in [0.15, 0.2) is 0 Å². The quantitative estimate of drug-likeness (QED) is 0.374. The summed E-state index contributed by atoms with van der Waals surface area (Å²) >= 11 is 0. The Morgan fingerprint density at radius 2 is 0.864 bits per heavy atom. The highest BCUT2D eigenvalue weighted by atomic mass is 32.2. The zero-order chi connectivity index (χ0) is 16.8. The summed E-state index contributed by atoms with van der Waals surface area (Å²) in [5, 5.41) is 0. The first-order valence-electron chi connectivity index (χ1n) is 8.45. The molecule has 0 N–H and O–H groups in total. The van der Waals surface area contributed by atoms with Gasteiger partial charge < -0.3 is 0 Å². The normalized spacial score (nSPS) is 10.5. The van der Waals surface area contributed by atoms with Crippen LogP contribution in [0, 0.1) is 0 Å². The van der Waals surface area contributed by atoms with Gasteiger partial charge in [-0.1, -0.05) is 65.2 Å². The first-order chi connectivity index (χ1) is 10.5. The summed E-state index contributed by atoms with van der Waals surface area (Å²) in [7, 11) is -4.87. The standard InChI is InChI=1S/C16H30O4S2/c1-3-5-7-9-10-12-14-16(22(19)20)15(21(17)18)13-11-8-6-4-2/h3-14H2,1-2H3. The van der Waals surface area contributed by atoms with Crippen molar-refractivity contribution in [2.24, 2.45) is 0 Å². The van der Waals surface area contributed by atoms with Crippen molar-refractivity contribution in [3.63, 3.8) is 0 Å². The lowest BCUT2D eigenvalue weighted by Gasteiger charge is -2.05. The minimum atomic E-state index is -2.43. The van der Waals surface area contributed by atoms with Crippen molar-refractivity contribution in [2.75, 3.05) is 0 Å². The summed E-state index contributed by atoms with van der Waals surface area (Å²) < 4.78 is 45.4. The highest BCUT2D eigenvalue weighted by Crippen LogP contribution is 2.10. The lowest BCUT2D eigenvalue weighted by Crippen LogP contribution is -2.16. The van der Waals surface area contributed by atoms with Crippen molar-refractivity contribution in [3.05, 3.63) is 0 Å². The van der Waals surface area contributed by atoms with E-state index in [2.05, 4.69) is 13.8 Å². The highest BCUT2D eigenvalue weighted by molar-refractivity contribution is 7.82. The second-order valence-electron chi connectivity index (χ2n) is 5.64. The van der Waals surface area contributed by atoms with Gasteiger partial charge in [-0.3, -0.25) is 0 Å². The van der Waals surface area contributed by atoms with Crippen LogP contribution in [-0.2, 0) is 20.6 Å². The molecule has 0 atom stereocenters. The van der Waals surface area contributed by atoms with E-state index in [-0.39, 0.29) is 9.73 Å². The van der Waals surface area contributed by atoms with Crippen molar-refractivity contribution >= 4 is 30.3 Å².